The number of amides is 2. The van der Waals surface area contributed by atoms with Gasteiger partial charge in [0.05, 0.1) is 5.92 Å². The Kier molecular flexibility index (Phi) is 4.82. The van der Waals surface area contributed by atoms with E-state index in [4.69, 9.17) is 0 Å². The van der Waals surface area contributed by atoms with Crippen LogP contribution in [-0.4, -0.2) is 59.9 Å². The molecule has 0 aliphatic carbocycles. The first-order valence-corrected chi connectivity index (χ1v) is 8.85. The average molecular weight is 347 g/mol. The van der Waals surface area contributed by atoms with Crippen molar-refractivity contribution in [2.24, 2.45) is 5.92 Å². The number of rotatable bonds is 2. The summed E-state index contributed by atoms with van der Waals surface area (Å²) < 4.78 is 13.1. The van der Waals surface area contributed by atoms with Gasteiger partial charge in [0.15, 0.2) is 0 Å². The molecule has 1 aromatic rings. The van der Waals surface area contributed by atoms with Gasteiger partial charge in [0.25, 0.3) is 0 Å². The molecule has 6 heteroatoms. The first-order valence-electron chi connectivity index (χ1n) is 8.85. The molecular weight excluding hydrogens is 321 g/mol. The van der Waals surface area contributed by atoms with Crippen LogP contribution < -0.4 is 4.90 Å². The van der Waals surface area contributed by atoms with Crippen molar-refractivity contribution >= 4 is 17.5 Å². The van der Waals surface area contributed by atoms with Crippen LogP contribution in [0.2, 0.25) is 0 Å². The van der Waals surface area contributed by atoms with Crippen LogP contribution in [0, 0.1) is 11.7 Å². The monoisotopic (exact) mass is 347 g/mol. The topological polar surface area (TPSA) is 43.9 Å². The van der Waals surface area contributed by atoms with Crippen molar-refractivity contribution in [1.82, 2.24) is 9.80 Å². The number of benzene rings is 1. The molecule has 0 bridgehead atoms. The Labute approximate surface area is 148 Å². The van der Waals surface area contributed by atoms with E-state index in [1.807, 2.05) is 4.90 Å². The predicted octanol–water partition coefficient (Wildman–Crippen LogP) is 2.12. The summed E-state index contributed by atoms with van der Waals surface area (Å²) in [5.74, 6) is -0.650. The molecule has 1 atom stereocenters. The summed E-state index contributed by atoms with van der Waals surface area (Å²) in [7, 11) is 0. The second-order valence-electron chi connectivity index (χ2n) is 7.86. The Morgan fingerprint density at radius 3 is 2.24 bits per heavy atom. The first kappa shape index (κ1) is 17.9. The first-order chi connectivity index (χ1) is 11.8. The van der Waals surface area contributed by atoms with Gasteiger partial charge >= 0.3 is 0 Å². The van der Waals surface area contributed by atoms with Crippen LogP contribution in [0.15, 0.2) is 24.3 Å². The number of halogens is 1. The summed E-state index contributed by atoms with van der Waals surface area (Å²) in [6.45, 7) is 10.1. The Hall–Kier alpha value is -1.95. The minimum absolute atomic E-state index is 0.0616. The van der Waals surface area contributed by atoms with E-state index in [-0.39, 0.29) is 35.5 Å². The number of anilines is 1. The van der Waals surface area contributed by atoms with Crippen LogP contribution in [-0.2, 0) is 9.59 Å². The number of hydrogen-bond donors (Lipinski definition) is 0. The SMILES string of the molecule is CC(C)(C)N1CCN(C(=O)[C@H]2CC(=O)N(c3ccc(F)cc3)C2)CC1. The van der Waals surface area contributed by atoms with Crippen molar-refractivity contribution in [3.63, 3.8) is 0 Å². The van der Waals surface area contributed by atoms with Gasteiger partial charge in [-0.05, 0) is 45.0 Å². The van der Waals surface area contributed by atoms with Gasteiger partial charge in [0.1, 0.15) is 5.82 Å². The van der Waals surface area contributed by atoms with E-state index in [1.165, 1.54) is 12.1 Å². The van der Waals surface area contributed by atoms with E-state index in [2.05, 4.69) is 25.7 Å². The molecule has 2 fully saturated rings. The number of carbonyl (C=O) groups excluding carboxylic acids is 2. The highest BCUT2D eigenvalue weighted by molar-refractivity contribution is 6.00. The number of piperazine rings is 1. The minimum Gasteiger partial charge on any atom is -0.340 e. The zero-order chi connectivity index (χ0) is 18.2. The molecular formula is C19H26FN3O2. The summed E-state index contributed by atoms with van der Waals surface area (Å²) in [5, 5.41) is 0. The van der Waals surface area contributed by atoms with Gasteiger partial charge < -0.3 is 9.80 Å². The summed E-state index contributed by atoms with van der Waals surface area (Å²) in [4.78, 5) is 30.9. The van der Waals surface area contributed by atoms with Crippen molar-refractivity contribution in [1.29, 1.82) is 0 Å². The fourth-order valence-corrected chi connectivity index (χ4v) is 3.60. The van der Waals surface area contributed by atoms with Crippen LogP contribution >= 0.6 is 0 Å². The van der Waals surface area contributed by atoms with E-state index >= 15 is 0 Å². The van der Waals surface area contributed by atoms with Crippen LogP contribution in [0.4, 0.5) is 10.1 Å². The Morgan fingerprint density at radius 2 is 1.68 bits per heavy atom. The molecule has 2 aliphatic heterocycles. The average Bonchev–Trinajstić information content (AvgIpc) is 2.96. The standard InChI is InChI=1S/C19H26FN3O2/c1-19(2,3)22-10-8-21(9-11-22)18(25)14-12-17(24)23(13-14)16-6-4-15(20)5-7-16/h4-7,14H,8-13H2,1-3H3/t14-/m0/s1. The number of hydrogen-bond acceptors (Lipinski definition) is 3. The molecule has 0 N–H and O–H groups in total. The van der Waals surface area contributed by atoms with E-state index in [9.17, 15) is 14.0 Å². The van der Waals surface area contributed by atoms with Gasteiger partial charge in [0.2, 0.25) is 11.8 Å². The molecule has 2 amide bonds. The third kappa shape index (κ3) is 3.84. The van der Waals surface area contributed by atoms with E-state index in [1.54, 1.807) is 17.0 Å². The summed E-state index contributed by atoms with van der Waals surface area (Å²) in [6.07, 6.45) is 0.232. The van der Waals surface area contributed by atoms with Crippen LogP contribution in [0.5, 0.6) is 0 Å². The minimum atomic E-state index is -0.334. The summed E-state index contributed by atoms with van der Waals surface area (Å²) in [6, 6.07) is 5.84. The Bertz CT molecular complexity index is 646. The summed E-state index contributed by atoms with van der Waals surface area (Å²) in [5.41, 5.74) is 0.761. The van der Waals surface area contributed by atoms with E-state index in [0.717, 1.165) is 13.1 Å². The van der Waals surface area contributed by atoms with Crippen LogP contribution in [0.1, 0.15) is 27.2 Å². The number of carbonyl (C=O) groups is 2. The largest absolute Gasteiger partial charge is 0.340 e. The molecule has 5 nitrogen and oxygen atoms in total. The second kappa shape index (κ2) is 6.75. The van der Waals surface area contributed by atoms with Gasteiger partial charge in [-0.2, -0.15) is 0 Å². The molecule has 0 spiro atoms. The Balaban J connectivity index is 1.61. The third-order valence-corrected chi connectivity index (χ3v) is 5.15. The van der Waals surface area contributed by atoms with Crippen LogP contribution in [0.25, 0.3) is 0 Å². The van der Waals surface area contributed by atoms with Crippen molar-refractivity contribution in [2.45, 2.75) is 32.7 Å². The smallest absolute Gasteiger partial charge is 0.228 e. The van der Waals surface area contributed by atoms with Crippen molar-refractivity contribution in [3.05, 3.63) is 30.1 Å². The van der Waals surface area contributed by atoms with Gasteiger partial charge in [-0.25, -0.2) is 4.39 Å². The van der Waals surface area contributed by atoms with E-state index in [0.29, 0.717) is 25.3 Å². The maximum absolute atomic E-state index is 13.1. The molecule has 3 rings (SSSR count). The fourth-order valence-electron chi connectivity index (χ4n) is 3.60. The van der Waals surface area contributed by atoms with Gasteiger partial charge in [-0.1, -0.05) is 0 Å². The third-order valence-electron chi connectivity index (χ3n) is 5.15. The summed E-state index contributed by atoms with van der Waals surface area (Å²) >= 11 is 0. The Morgan fingerprint density at radius 1 is 1.08 bits per heavy atom. The molecule has 136 valence electrons. The van der Waals surface area contributed by atoms with Crippen molar-refractivity contribution < 1.29 is 14.0 Å². The highest BCUT2D eigenvalue weighted by Crippen LogP contribution is 2.27. The van der Waals surface area contributed by atoms with Gasteiger partial charge in [-0.3, -0.25) is 14.5 Å². The second-order valence-corrected chi connectivity index (χ2v) is 7.86. The molecule has 2 heterocycles. The molecule has 2 aliphatic rings. The predicted molar refractivity (Wildman–Crippen MR) is 94.8 cm³/mol. The molecule has 0 radical (unpaired) electrons. The molecule has 0 saturated carbocycles. The molecule has 25 heavy (non-hydrogen) atoms. The molecule has 0 unspecified atom stereocenters. The maximum atomic E-state index is 13.1. The highest BCUT2D eigenvalue weighted by Gasteiger charge is 2.38. The van der Waals surface area contributed by atoms with Gasteiger partial charge in [0, 0.05) is 50.4 Å². The van der Waals surface area contributed by atoms with Crippen molar-refractivity contribution in [2.75, 3.05) is 37.6 Å². The van der Waals surface area contributed by atoms with Crippen molar-refractivity contribution in [3.8, 4) is 0 Å². The fraction of sp³-hybridized carbons (Fsp3) is 0.579. The molecule has 2 saturated heterocycles. The van der Waals surface area contributed by atoms with E-state index < -0.39 is 0 Å². The quantitative estimate of drug-likeness (QED) is 0.823. The maximum Gasteiger partial charge on any atom is 0.228 e. The highest BCUT2D eigenvalue weighted by atomic mass is 19.1. The zero-order valence-corrected chi connectivity index (χ0v) is 15.2. The lowest BCUT2D eigenvalue weighted by Crippen LogP contribution is -2.55. The number of nitrogens with zero attached hydrogens (tertiary/aromatic N) is 3. The zero-order valence-electron chi connectivity index (χ0n) is 15.2. The van der Waals surface area contributed by atoms with Gasteiger partial charge in [-0.15, -0.1) is 0 Å². The molecule has 0 aromatic heterocycles. The lowest BCUT2D eigenvalue weighted by molar-refractivity contribution is -0.138. The lowest BCUT2D eigenvalue weighted by Gasteiger charge is -2.42. The van der Waals surface area contributed by atoms with Crippen LogP contribution in [0.3, 0.4) is 0 Å². The normalized spacial score (nSPS) is 22.6. The lowest BCUT2D eigenvalue weighted by atomic mass is 10.0. The molecule has 1 aromatic carbocycles.